The molecule has 0 N–H and O–H groups in total. The van der Waals surface area contributed by atoms with Crippen molar-refractivity contribution in [2.24, 2.45) is 0 Å². The lowest BCUT2D eigenvalue weighted by atomic mass is 9.81. The summed E-state index contributed by atoms with van der Waals surface area (Å²) in [4.78, 5) is 11.5. The van der Waals surface area contributed by atoms with Gasteiger partial charge in [-0.2, -0.15) is 0 Å². The van der Waals surface area contributed by atoms with Gasteiger partial charge in [-0.1, -0.05) is 49.6 Å². The minimum Gasteiger partial charge on any atom is -0.295 e. The fraction of sp³-hybridized carbons (Fsp3) is 0.200. The van der Waals surface area contributed by atoms with Gasteiger partial charge in [-0.15, -0.1) is 5.73 Å². The van der Waals surface area contributed by atoms with Crippen LogP contribution in [-0.4, -0.2) is 5.78 Å². The summed E-state index contributed by atoms with van der Waals surface area (Å²) in [5.41, 5.74) is 9.44. The van der Waals surface area contributed by atoms with Gasteiger partial charge in [-0.05, 0) is 54.5 Å². The molecule has 0 aliphatic heterocycles. The number of carbonyl (C=O) groups is 1. The number of hydrogen-bond donors (Lipinski definition) is 0. The van der Waals surface area contributed by atoms with E-state index in [1.807, 2.05) is 25.1 Å². The lowest BCUT2D eigenvalue weighted by Crippen LogP contribution is -2.03. The minimum absolute atomic E-state index is 0.119. The van der Waals surface area contributed by atoms with Crippen molar-refractivity contribution in [3.8, 4) is 0 Å². The monoisotopic (exact) mass is 276 g/mol. The first kappa shape index (κ1) is 15.0. The Morgan fingerprint density at radius 3 is 2.57 bits per heavy atom. The van der Waals surface area contributed by atoms with Gasteiger partial charge in [-0.3, -0.25) is 4.79 Å². The molecule has 0 heterocycles. The Labute approximate surface area is 126 Å². The first-order valence-corrected chi connectivity index (χ1v) is 7.11. The number of hydrogen-bond acceptors (Lipinski definition) is 1. The van der Waals surface area contributed by atoms with Gasteiger partial charge in [0.15, 0.2) is 5.78 Å². The van der Waals surface area contributed by atoms with Crippen LogP contribution in [0.5, 0.6) is 0 Å². The summed E-state index contributed by atoms with van der Waals surface area (Å²) in [5.74, 6) is 0.119. The molecule has 21 heavy (non-hydrogen) atoms. The zero-order valence-electron chi connectivity index (χ0n) is 12.7. The van der Waals surface area contributed by atoms with E-state index < -0.39 is 0 Å². The van der Waals surface area contributed by atoms with E-state index in [2.05, 4.69) is 37.1 Å². The molecule has 1 aliphatic carbocycles. The van der Waals surface area contributed by atoms with Crippen molar-refractivity contribution in [2.75, 3.05) is 0 Å². The van der Waals surface area contributed by atoms with Gasteiger partial charge in [0, 0.05) is 5.57 Å². The average Bonchev–Trinajstić information content (AvgIpc) is 2.48. The van der Waals surface area contributed by atoms with E-state index in [1.54, 1.807) is 6.92 Å². The third-order valence-corrected chi connectivity index (χ3v) is 3.85. The Morgan fingerprint density at radius 1 is 1.33 bits per heavy atom. The molecule has 0 fully saturated rings. The summed E-state index contributed by atoms with van der Waals surface area (Å²) in [7, 11) is 0. The number of allylic oxidation sites excluding steroid dienone is 6. The van der Waals surface area contributed by atoms with Crippen molar-refractivity contribution < 1.29 is 4.79 Å². The summed E-state index contributed by atoms with van der Waals surface area (Å²) in [5, 5.41) is 0. The van der Waals surface area contributed by atoms with E-state index in [0.29, 0.717) is 6.42 Å². The van der Waals surface area contributed by atoms with Crippen molar-refractivity contribution >= 4 is 16.9 Å². The summed E-state index contributed by atoms with van der Waals surface area (Å²) >= 11 is 0. The maximum atomic E-state index is 11.5. The molecular formula is C20H20O. The number of rotatable bonds is 3. The molecule has 0 radical (unpaired) electrons. The van der Waals surface area contributed by atoms with Gasteiger partial charge >= 0.3 is 0 Å². The molecule has 1 aromatic carbocycles. The summed E-state index contributed by atoms with van der Waals surface area (Å²) < 4.78 is 0. The predicted molar refractivity (Wildman–Crippen MR) is 89.8 cm³/mol. The van der Waals surface area contributed by atoms with Crippen LogP contribution >= 0.6 is 0 Å². The maximum Gasteiger partial charge on any atom is 0.155 e. The Kier molecular flexibility index (Phi) is 4.57. The van der Waals surface area contributed by atoms with E-state index in [9.17, 15) is 4.79 Å². The Morgan fingerprint density at radius 2 is 2.00 bits per heavy atom. The highest BCUT2D eigenvalue weighted by atomic mass is 16.1. The second-order valence-corrected chi connectivity index (χ2v) is 5.18. The SMILES string of the molecule is C=C=C1/C(=C/C/C(=C\C)C(C)=O)CC(=C)c2ccccc21. The lowest BCUT2D eigenvalue weighted by Gasteiger charge is -2.23. The van der Waals surface area contributed by atoms with E-state index in [-0.39, 0.29) is 5.78 Å². The molecular weight excluding hydrogens is 256 g/mol. The lowest BCUT2D eigenvalue weighted by molar-refractivity contribution is -0.113. The summed E-state index contributed by atoms with van der Waals surface area (Å²) in [6, 6.07) is 8.19. The van der Waals surface area contributed by atoms with Crippen LogP contribution in [-0.2, 0) is 4.79 Å². The van der Waals surface area contributed by atoms with Crippen LogP contribution < -0.4 is 0 Å². The van der Waals surface area contributed by atoms with Gasteiger partial charge in [-0.25, -0.2) is 0 Å². The average molecular weight is 276 g/mol. The molecule has 1 aromatic rings. The van der Waals surface area contributed by atoms with Gasteiger partial charge in [0.2, 0.25) is 0 Å². The molecule has 0 saturated heterocycles. The van der Waals surface area contributed by atoms with Crippen molar-refractivity contribution in [3.05, 3.63) is 77.6 Å². The quantitative estimate of drug-likeness (QED) is 0.553. The topological polar surface area (TPSA) is 17.1 Å². The highest BCUT2D eigenvalue weighted by Crippen LogP contribution is 2.40. The van der Waals surface area contributed by atoms with Crippen LogP contribution in [0.1, 0.15) is 37.8 Å². The minimum atomic E-state index is 0.119. The highest BCUT2D eigenvalue weighted by Gasteiger charge is 2.20. The largest absolute Gasteiger partial charge is 0.295 e. The predicted octanol–water partition coefficient (Wildman–Crippen LogP) is 5.12. The Bertz CT molecular complexity index is 707. The molecule has 0 bridgehead atoms. The summed E-state index contributed by atoms with van der Waals surface area (Å²) in [6.07, 6.45) is 5.40. The van der Waals surface area contributed by atoms with Crippen LogP contribution in [0, 0.1) is 0 Å². The standard InChI is InChI=1S/C20H20O/c1-5-16(15(4)21)11-12-17-13-14(3)19-9-7-8-10-20(19)18(17)6-2/h5,7-10,12H,2-3,11,13H2,1,4H3/b16-5+,17-12+. The number of carbonyl (C=O) groups excluding carboxylic acids is 1. The molecule has 0 unspecified atom stereocenters. The first-order valence-electron chi connectivity index (χ1n) is 7.11. The molecule has 0 aromatic heterocycles. The van der Waals surface area contributed by atoms with Crippen LogP contribution in [0.3, 0.4) is 0 Å². The molecule has 0 spiro atoms. The van der Waals surface area contributed by atoms with Crippen molar-refractivity contribution in [1.29, 1.82) is 0 Å². The van der Waals surface area contributed by atoms with Crippen molar-refractivity contribution in [2.45, 2.75) is 26.7 Å². The normalized spacial score (nSPS) is 16.7. The van der Waals surface area contributed by atoms with E-state index in [0.717, 1.165) is 34.3 Å². The third-order valence-electron chi connectivity index (χ3n) is 3.85. The fourth-order valence-corrected chi connectivity index (χ4v) is 2.68. The maximum absolute atomic E-state index is 11.5. The van der Waals surface area contributed by atoms with Crippen molar-refractivity contribution in [1.82, 2.24) is 0 Å². The van der Waals surface area contributed by atoms with E-state index >= 15 is 0 Å². The highest BCUT2D eigenvalue weighted by molar-refractivity contribution is 5.95. The molecule has 0 amide bonds. The van der Waals surface area contributed by atoms with Gasteiger partial charge in [0.05, 0.1) is 0 Å². The molecule has 0 atom stereocenters. The second kappa shape index (κ2) is 6.39. The smallest absolute Gasteiger partial charge is 0.155 e. The van der Waals surface area contributed by atoms with Crippen LogP contribution in [0.15, 0.2) is 66.5 Å². The zero-order chi connectivity index (χ0) is 15.4. The van der Waals surface area contributed by atoms with Crippen LogP contribution in [0.2, 0.25) is 0 Å². The molecule has 0 saturated carbocycles. The van der Waals surface area contributed by atoms with E-state index in [4.69, 9.17) is 0 Å². The number of benzene rings is 1. The number of Topliss-reactive ketones (excluding diaryl/α,β-unsaturated/α-hetero) is 1. The van der Waals surface area contributed by atoms with Crippen LogP contribution in [0.4, 0.5) is 0 Å². The van der Waals surface area contributed by atoms with Crippen molar-refractivity contribution in [3.63, 3.8) is 0 Å². The molecule has 106 valence electrons. The van der Waals surface area contributed by atoms with Crippen LogP contribution in [0.25, 0.3) is 11.1 Å². The van der Waals surface area contributed by atoms with Gasteiger partial charge < -0.3 is 0 Å². The number of ketones is 1. The Balaban J connectivity index is 2.41. The number of fused-ring (bicyclic) bond motifs is 1. The molecule has 1 nitrogen and oxygen atoms in total. The molecule has 1 aliphatic rings. The molecule has 2 rings (SSSR count). The van der Waals surface area contributed by atoms with Gasteiger partial charge in [0.1, 0.15) is 0 Å². The third kappa shape index (κ3) is 3.04. The second-order valence-electron chi connectivity index (χ2n) is 5.18. The fourth-order valence-electron chi connectivity index (χ4n) is 2.68. The molecule has 1 heteroatoms. The zero-order valence-corrected chi connectivity index (χ0v) is 12.7. The Hall–Kier alpha value is -2.37. The first-order chi connectivity index (χ1) is 10.1. The summed E-state index contributed by atoms with van der Waals surface area (Å²) in [6.45, 7) is 11.5. The van der Waals surface area contributed by atoms with Gasteiger partial charge in [0.25, 0.3) is 0 Å². The van der Waals surface area contributed by atoms with E-state index in [1.165, 1.54) is 5.56 Å².